The first-order valence-corrected chi connectivity index (χ1v) is 5.76. The molecule has 0 amide bonds. The Morgan fingerprint density at radius 2 is 1.88 bits per heavy atom. The molecule has 0 unspecified atom stereocenters. The summed E-state index contributed by atoms with van der Waals surface area (Å²) < 4.78 is 5.57. The molecule has 0 aliphatic carbocycles. The second-order valence-corrected chi connectivity index (χ2v) is 4.06. The van der Waals surface area contributed by atoms with Gasteiger partial charge in [0.2, 0.25) is 0 Å². The molecule has 0 aromatic heterocycles. The van der Waals surface area contributed by atoms with Crippen LogP contribution in [0.5, 0.6) is 5.75 Å². The normalized spacial score (nSPS) is 11.2. The smallest absolute Gasteiger partial charge is 0.119 e. The fraction of sp³-hybridized carbons (Fsp3) is 0.429. The zero-order valence-electron chi connectivity index (χ0n) is 10.4. The van der Waals surface area contributed by atoms with E-state index in [4.69, 9.17) is 4.74 Å². The first-order valence-electron chi connectivity index (χ1n) is 5.76. The van der Waals surface area contributed by atoms with Crippen molar-refractivity contribution in [3.8, 4) is 5.75 Å². The van der Waals surface area contributed by atoms with Gasteiger partial charge in [0.15, 0.2) is 0 Å². The van der Waals surface area contributed by atoms with Crippen molar-refractivity contribution >= 4 is 0 Å². The van der Waals surface area contributed by atoms with Crippen molar-refractivity contribution in [2.24, 2.45) is 0 Å². The lowest BCUT2D eigenvalue weighted by atomic mass is 10.0. The van der Waals surface area contributed by atoms with Gasteiger partial charge in [0.25, 0.3) is 0 Å². The average Bonchev–Trinajstić information content (AvgIpc) is 2.29. The molecule has 1 aromatic carbocycles. The Labute approximate surface area is 98.3 Å². The zero-order chi connectivity index (χ0) is 11.8. The number of benzene rings is 1. The number of nitrogens with one attached hydrogen (secondary N) is 1. The highest BCUT2D eigenvalue weighted by Gasteiger charge is 1.98. The molecule has 16 heavy (non-hydrogen) atoms. The molecule has 88 valence electrons. The van der Waals surface area contributed by atoms with E-state index >= 15 is 0 Å². The van der Waals surface area contributed by atoms with E-state index in [1.807, 2.05) is 25.3 Å². The van der Waals surface area contributed by atoms with Gasteiger partial charge in [-0.25, -0.2) is 0 Å². The van der Waals surface area contributed by atoms with Gasteiger partial charge in [0.05, 0.1) is 0 Å². The molecule has 0 saturated heterocycles. The van der Waals surface area contributed by atoms with Crippen LogP contribution in [0.3, 0.4) is 0 Å². The minimum absolute atomic E-state index is 0.574. The molecule has 2 nitrogen and oxygen atoms in total. The van der Waals surface area contributed by atoms with Gasteiger partial charge in [-0.15, -0.1) is 0 Å². The number of rotatable bonds is 6. The molecule has 0 radical (unpaired) electrons. The van der Waals surface area contributed by atoms with Crippen LogP contribution in [-0.2, 0) is 0 Å². The van der Waals surface area contributed by atoms with Crippen molar-refractivity contribution < 1.29 is 4.74 Å². The largest absolute Gasteiger partial charge is 0.490 e. The highest BCUT2D eigenvalue weighted by Crippen LogP contribution is 2.18. The summed E-state index contributed by atoms with van der Waals surface area (Å²) in [5, 5.41) is 3.04. The Kier molecular flexibility index (Phi) is 5.65. The van der Waals surface area contributed by atoms with E-state index in [9.17, 15) is 0 Å². The maximum Gasteiger partial charge on any atom is 0.119 e. The summed E-state index contributed by atoms with van der Waals surface area (Å²) in [4.78, 5) is 0. The first-order chi connectivity index (χ1) is 7.74. The summed E-state index contributed by atoms with van der Waals surface area (Å²) in [5.74, 6) is 1.50. The van der Waals surface area contributed by atoms with Crippen LogP contribution >= 0.6 is 0 Å². The zero-order valence-corrected chi connectivity index (χ0v) is 10.4. The summed E-state index contributed by atoms with van der Waals surface area (Å²) in [6.45, 7) is 5.89. The predicted molar refractivity (Wildman–Crippen MR) is 69.1 cm³/mol. The van der Waals surface area contributed by atoms with Gasteiger partial charge in [-0.05, 0) is 30.7 Å². The average molecular weight is 219 g/mol. The van der Waals surface area contributed by atoms with Crippen LogP contribution < -0.4 is 10.1 Å². The van der Waals surface area contributed by atoms with Crippen LogP contribution in [0.2, 0.25) is 0 Å². The Morgan fingerprint density at radius 1 is 1.19 bits per heavy atom. The van der Waals surface area contributed by atoms with Crippen molar-refractivity contribution in [1.29, 1.82) is 0 Å². The molecule has 1 N–H and O–H groups in total. The Morgan fingerprint density at radius 3 is 2.44 bits per heavy atom. The molecule has 0 bridgehead atoms. The lowest BCUT2D eigenvalue weighted by Gasteiger charge is -2.07. The fourth-order valence-corrected chi connectivity index (χ4v) is 1.36. The molecule has 2 heteroatoms. The van der Waals surface area contributed by atoms with Crippen LogP contribution in [0, 0.1) is 0 Å². The Hall–Kier alpha value is -1.28. The molecule has 0 aliphatic heterocycles. The van der Waals surface area contributed by atoms with Gasteiger partial charge in [0.1, 0.15) is 12.4 Å². The SMILES string of the molecule is CNCC=CCOc1ccc(C(C)C)cc1. The summed E-state index contributed by atoms with van der Waals surface area (Å²) in [6.07, 6.45) is 4.08. The van der Waals surface area contributed by atoms with E-state index in [0.29, 0.717) is 12.5 Å². The topological polar surface area (TPSA) is 21.3 Å². The van der Waals surface area contributed by atoms with Crippen LogP contribution in [0.1, 0.15) is 25.3 Å². The van der Waals surface area contributed by atoms with Gasteiger partial charge >= 0.3 is 0 Å². The highest BCUT2D eigenvalue weighted by molar-refractivity contribution is 5.28. The van der Waals surface area contributed by atoms with Gasteiger partial charge in [-0.1, -0.05) is 38.1 Å². The third-order valence-electron chi connectivity index (χ3n) is 2.38. The Bertz CT molecular complexity index is 314. The van der Waals surface area contributed by atoms with E-state index in [-0.39, 0.29) is 0 Å². The third kappa shape index (κ3) is 4.49. The third-order valence-corrected chi connectivity index (χ3v) is 2.38. The van der Waals surface area contributed by atoms with Crippen molar-refractivity contribution in [2.45, 2.75) is 19.8 Å². The first kappa shape index (κ1) is 12.8. The molecule has 1 aromatic rings. The van der Waals surface area contributed by atoms with E-state index in [1.54, 1.807) is 0 Å². The lowest BCUT2D eigenvalue weighted by Crippen LogP contribution is -2.04. The van der Waals surface area contributed by atoms with Crippen LogP contribution in [0.4, 0.5) is 0 Å². The van der Waals surface area contributed by atoms with Crippen molar-refractivity contribution in [3.63, 3.8) is 0 Å². The standard InChI is InChI=1S/C14H21NO/c1-12(2)13-6-8-14(9-7-13)16-11-5-4-10-15-3/h4-9,12,15H,10-11H2,1-3H3. The second-order valence-electron chi connectivity index (χ2n) is 4.06. The number of ether oxygens (including phenoxy) is 1. The molecule has 0 atom stereocenters. The van der Waals surface area contributed by atoms with Crippen LogP contribution in [0.15, 0.2) is 36.4 Å². The molecule has 0 heterocycles. The molecular weight excluding hydrogens is 198 g/mol. The lowest BCUT2D eigenvalue weighted by molar-refractivity contribution is 0.362. The summed E-state index contributed by atoms with van der Waals surface area (Å²) in [7, 11) is 1.93. The van der Waals surface area contributed by atoms with Crippen molar-refractivity contribution in [1.82, 2.24) is 5.32 Å². The molecule has 0 fully saturated rings. The summed E-state index contributed by atoms with van der Waals surface area (Å²) in [6, 6.07) is 8.30. The summed E-state index contributed by atoms with van der Waals surface area (Å²) >= 11 is 0. The summed E-state index contributed by atoms with van der Waals surface area (Å²) in [5.41, 5.74) is 1.35. The van der Waals surface area contributed by atoms with E-state index in [2.05, 4.69) is 37.4 Å². The fourth-order valence-electron chi connectivity index (χ4n) is 1.36. The Balaban J connectivity index is 2.37. The van der Waals surface area contributed by atoms with Crippen molar-refractivity contribution in [3.05, 3.63) is 42.0 Å². The predicted octanol–water partition coefficient (Wildman–Crippen LogP) is 2.96. The number of likely N-dealkylation sites (N-methyl/N-ethyl adjacent to an activating group) is 1. The molecule has 1 rings (SSSR count). The molecule has 0 spiro atoms. The second kappa shape index (κ2) is 7.07. The minimum atomic E-state index is 0.574. The van der Waals surface area contributed by atoms with Gasteiger partial charge in [-0.3, -0.25) is 0 Å². The quantitative estimate of drug-likeness (QED) is 0.743. The molecule has 0 saturated carbocycles. The van der Waals surface area contributed by atoms with Gasteiger partial charge in [0, 0.05) is 6.54 Å². The monoisotopic (exact) mass is 219 g/mol. The number of hydrogen-bond donors (Lipinski definition) is 1. The van der Waals surface area contributed by atoms with Gasteiger partial charge < -0.3 is 10.1 Å². The molecular formula is C14H21NO. The van der Waals surface area contributed by atoms with Crippen molar-refractivity contribution in [2.75, 3.05) is 20.2 Å². The van der Waals surface area contributed by atoms with E-state index < -0.39 is 0 Å². The van der Waals surface area contributed by atoms with E-state index in [0.717, 1.165) is 12.3 Å². The van der Waals surface area contributed by atoms with E-state index in [1.165, 1.54) is 5.56 Å². The number of hydrogen-bond acceptors (Lipinski definition) is 2. The minimum Gasteiger partial charge on any atom is -0.490 e. The van der Waals surface area contributed by atoms with Crippen LogP contribution in [-0.4, -0.2) is 20.2 Å². The van der Waals surface area contributed by atoms with Gasteiger partial charge in [-0.2, -0.15) is 0 Å². The molecule has 0 aliphatic rings. The maximum atomic E-state index is 5.57. The highest BCUT2D eigenvalue weighted by atomic mass is 16.5. The van der Waals surface area contributed by atoms with Crippen LogP contribution in [0.25, 0.3) is 0 Å². The maximum absolute atomic E-state index is 5.57.